The first-order valence-corrected chi connectivity index (χ1v) is 22.4. The van der Waals surface area contributed by atoms with Crippen molar-refractivity contribution in [2.24, 2.45) is 16.9 Å². The number of fused-ring (bicyclic) bond motifs is 1. The minimum absolute atomic E-state index is 0.140. The van der Waals surface area contributed by atoms with E-state index in [1.54, 1.807) is 30.6 Å². The van der Waals surface area contributed by atoms with Crippen LogP contribution in [0.3, 0.4) is 0 Å². The molecule has 1 heterocycles. The van der Waals surface area contributed by atoms with Crippen molar-refractivity contribution in [1.82, 2.24) is 4.98 Å². The highest BCUT2D eigenvalue weighted by Gasteiger charge is 2.28. The van der Waals surface area contributed by atoms with Crippen LogP contribution >= 0.6 is 11.3 Å². The predicted octanol–water partition coefficient (Wildman–Crippen LogP) is 10.3. The zero-order valence-electron chi connectivity index (χ0n) is 35.5. The zero-order chi connectivity index (χ0) is 42.5. The van der Waals surface area contributed by atoms with Gasteiger partial charge in [0.1, 0.15) is 17.2 Å². The van der Waals surface area contributed by atoms with Gasteiger partial charge in [0.05, 0.1) is 68.5 Å². The summed E-state index contributed by atoms with van der Waals surface area (Å²) in [6.07, 6.45) is 11.1. The molecule has 0 aliphatic heterocycles. The molecule has 5 aromatic rings. The van der Waals surface area contributed by atoms with Crippen LogP contribution in [0.5, 0.6) is 17.2 Å². The van der Waals surface area contributed by atoms with Gasteiger partial charge < -0.3 is 28.4 Å². The maximum atomic E-state index is 13.1. The molecule has 1 aliphatic carbocycles. The number of nitrogens with zero attached hydrogens (tertiary/aromatic N) is 3. The van der Waals surface area contributed by atoms with Crippen molar-refractivity contribution in [3.8, 4) is 28.4 Å². The number of hydrazone groups is 1. The van der Waals surface area contributed by atoms with E-state index in [0.29, 0.717) is 64.3 Å². The summed E-state index contributed by atoms with van der Waals surface area (Å²) < 4.78 is 34.9. The summed E-state index contributed by atoms with van der Waals surface area (Å²) in [6, 6.07) is 30.4. The van der Waals surface area contributed by atoms with Crippen molar-refractivity contribution in [2.75, 3.05) is 58.3 Å². The van der Waals surface area contributed by atoms with Crippen LogP contribution in [0.2, 0.25) is 0 Å². The van der Waals surface area contributed by atoms with E-state index in [2.05, 4.69) is 49.4 Å². The van der Waals surface area contributed by atoms with E-state index < -0.39 is 0 Å². The van der Waals surface area contributed by atoms with Crippen molar-refractivity contribution in [3.05, 3.63) is 102 Å². The Kier molecular flexibility index (Phi) is 18.4. The molecule has 11 nitrogen and oxygen atoms in total. The van der Waals surface area contributed by atoms with Gasteiger partial charge in [-0.3, -0.25) is 9.59 Å². The van der Waals surface area contributed by atoms with Gasteiger partial charge in [0, 0.05) is 12.7 Å². The maximum Gasteiger partial charge on any atom is 0.314 e. The molecule has 0 atom stereocenters. The highest BCUT2D eigenvalue weighted by molar-refractivity contribution is 7.22. The first kappa shape index (κ1) is 45.2. The van der Waals surface area contributed by atoms with E-state index in [1.807, 2.05) is 47.6 Å². The van der Waals surface area contributed by atoms with Crippen LogP contribution in [-0.4, -0.2) is 76.9 Å². The smallest absolute Gasteiger partial charge is 0.314 e. The number of thiazole rings is 1. The molecule has 0 spiro atoms. The maximum absolute atomic E-state index is 13.1. The summed E-state index contributed by atoms with van der Waals surface area (Å²) in [5.74, 6) is 2.05. The number of anilines is 1. The second kappa shape index (κ2) is 24.8. The minimum atomic E-state index is -0.185. The fraction of sp³-hybridized carbons (Fsp3) is 0.429. The molecular weight excluding hydrogens is 791 g/mol. The average molecular weight is 850 g/mol. The second-order valence-corrected chi connectivity index (χ2v) is 16.3. The first-order chi connectivity index (χ1) is 30.0. The molecule has 1 aromatic heterocycles. The number of para-hydroxylation sites is 1. The Morgan fingerprint density at radius 3 is 2.33 bits per heavy atom. The number of aryl methyl sites for hydroxylation is 1. The predicted molar refractivity (Wildman–Crippen MR) is 242 cm³/mol. The van der Waals surface area contributed by atoms with Crippen LogP contribution in [-0.2, 0) is 30.2 Å². The number of unbranched alkanes of at least 4 members (excludes halogenated alkanes) is 3. The van der Waals surface area contributed by atoms with Gasteiger partial charge in [0.2, 0.25) is 5.13 Å². The van der Waals surface area contributed by atoms with Crippen molar-refractivity contribution >= 4 is 45.3 Å². The zero-order valence-corrected chi connectivity index (χ0v) is 36.3. The van der Waals surface area contributed by atoms with Crippen molar-refractivity contribution in [2.45, 2.75) is 71.1 Å². The van der Waals surface area contributed by atoms with Crippen LogP contribution in [0.1, 0.15) is 75.8 Å². The van der Waals surface area contributed by atoms with Gasteiger partial charge in [-0.05, 0) is 129 Å². The first-order valence-electron chi connectivity index (χ1n) is 21.6. The van der Waals surface area contributed by atoms with Gasteiger partial charge in [-0.25, -0.2) is 9.99 Å². The van der Waals surface area contributed by atoms with E-state index in [4.69, 9.17) is 38.5 Å². The number of carbonyl (C=O) groups is 2. The van der Waals surface area contributed by atoms with Gasteiger partial charge in [-0.1, -0.05) is 67.1 Å². The number of hydrogen-bond donors (Lipinski definition) is 0. The third-order valence-electron chi connectivity index (χ3n) is 10.7. The molecule has 324 valence electrons. The molecule has 0 N–H and O–H groups in total. The van der Waals surface area contributed by atoms with Crippen LogP contribution in [0, 0.1) is 11.8 Å². The molecule has 12 heteroatoms. The Bertz CT molecular complexity index is 2060. The lowest BCUT2D eigenvalue weighted by molar-refractivity contribution is -0.140. The number of aromatic nitrogens is 1. The lowest BCUT2D eigenvalue weighted by Crippen LogP contribution is -2.27. The van der Waals surface area contributed by atoms with E-state index in [9.17, 15) is 9.59 Å². The highest BCUT2D eigenvalue weighted by atomic mass is 32.1. The van der Waals surface area contributed by atoms with E-state index in [1.165, 1.54) is 5.56 Å². The number of carbonyl (C=O) groups excluding carboxylic acids is 2. The van der Waals surface area contributed by atoms with Gasteiger partial charge >= 0.3 is 5.97 Å². The molecular formula is C49H59N3O8S. The molecule has 1 saturated carbocycles. The van der Waals surface area contributed by atoms with Crippen molar-refractivity contribution < 1.29 is 38.0 Å². The Labute approximate surface area is 364 Å². The van der Waals surface area contributed by atoms with E-state index in [0.717, 1.165) is 108 Å². The molecule has 6 rings (SSSR count). The molecule has 0 unspecified atom stereocenters. The lowest BCUT2D eigenvalue weighted by Gasteiger charge is -2.27. The minimum Gasteiger partial charge on any atom is -0.494 e. The summed E-state index contributed by atoms with van der Waals surface area (Å²) in [5, 5.41) is 7.73. The summed E-state index contributed by atoms with van der Waals surface area (Å²) in [5.41, 5.74) is 5.37. The quantitative estimate of drug-likeness (QED) is 0.0133. The third-order valence-corrected chi connectivity index (χ3v) is 11.8. The fourth-order valence-electron chi connectivity index (χ4n) is 7.30. The Hall–Kier alpha value is -5.30. The number of esters is 1. The molecule has 0 radical (unpaired) electrons. The number of hydrogen-bond acceptors (Lipinski definition) is 12. The lowest BCUT2D eigenvalue weighted by atomic mass is 9.82. The van der Waals surface area contributed by atoms with E-state index in [-0.39, 0.29) is 11.9 Å². The van der Waals surface area contributed by atoms with Gasteiger partial charge in [0.25, 0.3) is 6.47 Å². The van der Waals surface area contributed by atoms with Crippen molar-refractivity contribution in [3.63, 3.8) is 0 Å². The van der Waals surface area contributed by atoms with Crippen LogP contribution in [0.15, 0.2) is 96.1 Å². The van der Waals surface area contributed by atoms with Gasteiger partial charge in [-0.15, -0.1) is 0 Å². The normalized spacial score (nSPS) is 15.2. The highest BCUT2D eigenvalue weighted by Crippen LogP contribution is 2.33. The summed E-state index contributed by atoms with van der Waals surface area (Å²) in [4.78, 5) is 28.2. The number of benzene rings is 4. The van der Waals surface area contributed by atoms with Gasteiger partial charge in [-0.2, -0.15) is 5.10 Å². The number of ether oxygens (including phenoxy) is 6. The standard InChI is InChI=1S/C49H59N3O8S/c1-3-10-37-13-17-39(18-14-37)45-26-25-44(33-41(45)34-50-52(27-30-56-32-31-55-2)49-51-46-11-6-7-12-47(46)61-49)59-35-38-15-19-40(20-16-38)48(54)60-43-23-21-42(22-24-43)58-29-9-5-4-8-28-57-36-53/h6-7,11-14,17-18,21-26,33-34,36,38,40H,3-5,8-10,15-16,19-20,27-32,35H2,1-2H3/b50-34+. The topological polar surface area (TPSA) is 118 Å². The summed E-state index contributed by atoms with van der Waals surface area (Å²) in [7, 11) is 1.67. The van der Waals surface area contributed by atoms with Crippen LogP contribution in [0.25, 0.3) is 21.3 Å². The molecule has 1 fully saturated rings. The largest absolute Gasteiger partial charge is 0.494 e. The Morgan fingerprint density at radius 1 is 0.820 bits per heavy atom. The van der Waals surface area contributed by atoms with Crippen LogP contribution < -0.4 is 19.2 Å². The summed E-state index contributed by atoms with van der Waals surface area (Å²) >= 11 is 1.60. The Balaban J connectivity index is 1.05. The average Bonchev–Trinajstić information content (AvgIpc) is 3.73. The number of rotatable bonds is 26. The van der Waals surface area contributed by atoms with Gasteiger partial charge in [0.15, 0.2) is 0 Å². The molecule has 0 bridgehead atoms. The summed E-state index contributed by atoms with van der Waals surface area (Å²) in [6.45, 7) is 6.35. The van der Waals surface area contributed by atoms with Crippen LogP contribution in [0.4, 0.5) is 5.13 Å². The second-order valence-electron chi connectivity index (χ2n) is 15.3. The fourth-order valence-corrected chi connectivity index (χ4v) is 8.25. The molecule has 1 aliphatic rings. The SMILES string of the molecule is CCCc1ccc(-c2ccc(OCC3CCC(C(=O)Oc4ccc(OCCCCCCOC=O)cc4)CC3)cc2/C=N/N(CCOCCOC)c2nc3ccccc3s2)cc1. The van der Waals surface area contributed by atoms with E-state index >= 15 is 0 Å². The third kappa shape index (κ3) is 14.4. The van der Waals surface area contributed by atoms with Crippen molar-refractivity contribution in [1.29, 1.82) is 0 Å². The molecule has 0 amide bonds. The molecule has 61 heavy (non-hydrogen) atoms. The molecule has 4 aromatic carbocycles. The monoisotopic (exact) mass is 849 g/mol. The Morgan fingerprint density at radius 2 is 1.57 bits per heavy atom. The molecule has 0 saturated heterocycles. The number of methoxy groups -OCH3 is 1.